The monoisotopic (exact) mass is 470 g/mol. The maximum Gasteiger partial charge on any atom is 0.330 e. The number of H-pyrrole nitrogens is 1. The maximum atomic E-state index is 14.2. The lowest BCUT2D eigenvalue weighted by molar-refractivity contribution is -0.141. The van der Waals surface area contributed by atoms with E-state index in [2.05, 4.69) is 4.98 Å². The van der Waals surface area contributed by atoms with Crippen LogP contribution in [0.1, 0.15) is 57.4 Å². The number of hydrogen-bond donors (Lipinski definition) is 2. The number of hydrogen-bond acceptors (Lipinski definition) is 4. The molecule has 2 aromatic rings. The number of anilines is 2. The van der Waals surface area contributed by atoms with E-state index in [4.69, 9.17) is 17.3 Å². The highest BCUT2D eigenvalue weighted by atomic mass is 35.5. The number of benzene rings is 1. The first-order valence-corrected chi connectivity index (χ1v) is 12.3. The Balaban J connectivity index is 1.56. The van der Waals surface area contributed by atoms with Gasteiger partial charge in [0, 0.05) is 11.4 Å². The van der Waals surface area contributed by atoms with Gasteiger partial charge in [0.05, 0.1) is 12.0 Å². The zero-order chi connectivity index (χ0) is 23.4. The lowest BCUT2D eigenvalue weighted by atomic mass is 9.49. The molecule has 0 spiro atoms. The summed E-state index contributed by atoms with van der Waals surface area (Å²) >= 11 is 6.98. The van der Waals surface area contributed by atoms with Crippen LogP contribution in [0.15, 0.2) is 39.9 Å². The molecule has 1 amide bonds. The molecule has 4 bridgehead atoms. The van der Waals surface area contributed by atoms with E-state index in [1.165, 1.54) is 4.57 Å². The van der Waals surface area contributed by atoms with Crippen molar-refractivity contribution in [1.29, 1.82) is 0 Å². The van der Waals surface area contributed by atoms with Gasteiger partial charge >= 0.3 is 5.69 Å². The van der Waals surface area contributed by atoms with Crippen molar-refractivity contribution in [3.05, 3.63) is 56.7 Å². The largest absolute Gasteiger partial charge is 0.383 e. The number of alkyl halides is 1. The minimum Gasteiger partial charge on any atom is -0.383 e. The summed E-state index contributed by atoms with van der Waals surface area (Å²) in [5, 5.41) is 0. The number of aromatic amines is 1. The highest BCUT2D eigenvalue weighted by Crippen LogP contribution is 2.64. The van der Waals surface area contributed by atoms with Gasteiger partial charge in [-0.3, -0.25) is 19.1 Å². The van der Waals surface area contributed by atoms with Crippen LogP contribution in [0.5, 0.6) is 0 Å². The number of nitrogens with zero attached hydrogens (tertiary/aromatic N) is 2. The van der Waals surface area contributed by atoms with Crippen LogP contribution in [-0.2, 0) is 11.3 Å². The van der Waals surface area contributed by atoms with Crippen molar-refractivity contribution in [3.63, 3.8) is 0 Å². The molecule has 2 atom stereocenters. The molecule has 4 aliphatic rings. The number of nitrogens with one attached hydrogen (secondary N) is 1. The van der Waals surface area contributed by atoms with Crippen LogP contribution in [0.2, 0.25) is 0 Å². The normalized spacial score (nSPS) is 29.9. The molecule has 6 rings (SSSR count). The second kappa shape index (κ2) is 8.05. The molecule has 33 heavy (non-hydrogen) atoms. The Kier molecular flexibility index (Phi) is 5.43. The fourth-order valence-electron chi connectivity index (χ4n) is 6.99. The van der Waals surface area contributed by atoms with Crippen LogP contribution in [0, 0.1) is 17.3 Å². The highest BCUT2D eigenvalue weighted by molar-refractivity contribution is 6.24. The maximum absolute atomic E-state index is 14.2. The molecule has 2 unspecified atom stereocenters. The Morgan fingerprint density at radius 1 is 1.18 bits per heavy atom. The lowest BCUT2D eigenvalue weighted by Crippen LogP contribution is -2.60. The lowest BCUT2D eigenvalue weighted by Gasteiger charge is -2.59. The number of aromatic nitrogens is 2. The van der Waals surface area contributed by atoms with E-state index < -0.39 is 16.7 Å². The van der Waals surface area contributed by atoms with E-state index in [0.29, 0.717) is 31.2 Å². The minimum absolute atomic E-state index is 0.0275. The van der Waals surface area contributed by atoms with E-state index in [9.17, 15) is 14.4 Å². The van der Waals surface area contributed by atoms with Gasteiger partial charge in [0.15, 0.2) is 5.69 Å². The average molecular weight is 471 g/mol. The zero-order valence-electron chi connectivity index (χ0n) is 19.0. The summed E-state index contributed by atoms with van der Waals surface area (Å²) in [7, 11) is 0. The first-order chi connectivity index (χ1) is 15.7. The number of carbonyl (C=O) groups is 1. The molecule has 1 aromatic carbocycles. The molecule has 0 radical (unpaired) electrons. The van der Waals surface area contributed by atoms with Crippen molar-refractivity contribution >= 4 is 29.0 Å². The molecule has 4 fully saturated rings. The highest BCUT2D eigenvalue weighted by Gasteiger charge is 2.61. The molecule has 0 aliphatic heterocycles. The van der Waals surface area contributed by atoms with Gasteiger partial charge in [0.2, 0.25) is 5.91 Å². The van der Waals surface area contributed by atoms with Crippen molar-refractivity contribution in [3.8, 4) is 0 Å². The fraction of sp³-hybridized carbons (Fsp3) is 0.560. The van der Waals surface area contributed by atoms with Crippen LogP contribution in [0.4, 0.5) is 11.5 Å². The number of nitrogen functional groups attached to an aromatic ring is 1. The van der Waals surface area contributed by atoms with E-state index in [1.54, 1.807) is 4.90 Å². The first kappa shape index (κ1) is 22.3. The summed E-state index contributed by atoms with van der Waals surface area (Å²) < 4.78 is 1.34. The topological polar surface area (TPSA) is 101 Å². The molecule has 4 aliphatic carbocycles. The van der Waals surface area contributed by atoms with Crippen LogP contribution in [-0.4, -0.2) is 26.9 Å². The van der Waals surface area contributed by atoms with E-state index >= 15 is 0 Å². The smallest absolute Gasteiger partial charge is 0.330 e. The second-order valence-corrected chi connectivity index (χ2v) is 11.2. The van der Waals surface area contributed by atoms with E-state index in [1.807, 2.05) is 37.3 Å². The van der Waals surface area contributed by atoms with Crippen molar-refractivity contribution in [2.75, 3.05) is 17.2 Å². The third-order valence-electron chi connectivity index (χ3n) is 7.80. The standard InChI is InChI=1S/C25H31ClN4O3/c1-2-8-29(22(32)24-10-17-9-18(11-24)13-25(26,12-17)15-24)19-20(27)30(23(33)28-21(19)31)14-16-6-4-3-5-7-16/h3-7,17-18H,2,8-15,27H2,1H3,(H,28,31,33). The fourth-order valence-corrected chi connectivity index (χ4v) is 7.68. The number of nitrogens with two attached hydrogens (primary N) is 1. The average Bonchev–Trinajstić information content (AvgIpc) is 2.74. The van der Waals surface area contributed by atoms with Gasteiger partial charge in [0.25, 0.3) is 5.56 Å². The number of halogens is 1. The first-order valence-electron chi connectivity index (χ1n) is 11.9. The molecule has 0 saturated heterocycles. The van der Waals surface area contributed by atoms with Gasteiger partial charge < -0.3 is 10.6 Å². The van der Waals surface area contributed by atoms with Crippen molar-refractivity contribution in [2.45, 2.75) is 63.3 Å². The van der Waals surface area contributed by atoms with Gasteiger partial charge in [-0.05, 0) is 62.3 Å². The Morgan fingerprint density at radius 3 is 2.45 bits per heavy atom. The number of rotatable bonds is 6. The van der Waals surface area contributed by atoms with Crippen LogP contribution >= 0.6 is 11.6 Å². The Labute approximate surface area is 197 Å². The summed E-state index contributed by atoms with van der Waals surface area (Å²) in [6.45, 7) is 2.54. The Bertz CT molecular complexity index is 1170. The van der Waals surface area contributed by atoms with E-state index in [0.717, 1.165) is 37.7 Å². The van der Waals surface area contributed by atoms with Crippen LogP contribution in [0.3, 0.4) is 0 Å². The Morgan fingerprint density at radius 2 is 1.85 bits per heavy atom. The van der Waals surface area contributed by atoms with Gasteiger partial charge in [-0.15, -0.1) is 11.6 Å². The molecular weight excluding hydrogens is 440 g/mol. The van der Waals surface area contributed by atoms with Gasteiger partial charge in [-0.1, -0.05) is 37.3 Å². The van der Waals surface area contributed by atoms with Gasteiger partial charge in [-0.2, -0.15) is 0 Å². The molecule has 3 N–H and O–H groups in total. The predicted octanol–water partition coefficient (Wildman–Crippen LogP) is 3.49. The molecule has 1 aromatic heterocycles. The quantitative estimate of drug-likeness (QED) is 0.631. The summed E-state index contributed by atoms with van der Waals surface area (Å²) in [6, 6.07) is 9.43. The van der Waals surface area contributed by atoms with Crippen molar-refractivity contribution < 1.29 is 4.79 Å². The van der Waals surface area contributed by atoms with Crippen LogP contribution in [0.25, 0.3) is 0 Å². The SMILES string of the molecule is CCCN(C(=O)C12CC3CC(CC(Cl)(C3)C1)C2)c1c(N)n(Cc2ccccc2)c(=O)[nH]c1=O. The number of carbonyl (C=O) groups excluding carboxylic acids is 1. The molecular formula is C25H31ClN4O3. The molecule has 7 nitrogen and oxygen atoms in total. The third kappa shape index (κ3) is 3.80. The summed E-state index contributed by atoms with van der Waals surface area (Å²) in [5.41, 5.74) is 5.65. The summed E-state index contributed by atoms with van der Waals surface area (Å²) in [6.07, 6.45) is 6.03. The number of amides is 1. The van der Waals surface area contributed by atoms with Crippen molar-refractivity contribution in [2.24, 2.45) is 17.3 Å². The minimum atomic E-state index is -0.617. The molecule has 4 saturated carbocycles. The van der Waals surface area contributed by atoms with Crippen LogP contribution < -0.4 is 21.9 Å². The third-order valence-corrected chi connectivity index (χ3v) is 8.25. The second-order valence-electron chi connectivity index (χ2n) is 10.4. The molecule has 8 heteroatoms. The van der Waals surface area contributed by atoms with E-state index in [-0.39, 0.29) is 28.8 Å². The molecule has 176 valence electrons. The van der Waals surface area contributed by atoms with Crippen molar-refractivity contribution in [1.82, 2.24) is 9.55 Å². The predicted molar refractivity (Wildman–Crippen MR) is 130 cm³/mol. The molecule has 1 heterocycles. The summed E-state index contributed by atoms with van der Waals surface area (Å²) in [4.78, 5) is 43.4. The van der Waals surface area contributed by atoms with Gasteiger partial charge in [0.1, 0.15) is 5.82 Å². The zero-order valence-corrected chi connectivity index (χ0v) is 19.7. The summed E-state index contributed by atoms with van der Waals surface area (Å²) in [5.74, 6) is 0.878. The van der Waals surface area contributed by atoms with Gasteiger partial charge in [-0.25, -0.2) is 4.79 Å². The Hall–Kier alpha value is -2.54.